The Labute approximate surface area is 105 Å². The maximum Gasteiger partial charge on any atom is 0.255 e. The highest BCUT2D eigenvalue weighted by Gasteiger charge is 2.17. The van der Waals surface area contributed by atoms with Crippen LogP contribution in [-0.2, 0) is 6.42 Å². The van der Waals surface area contributed by atoms with Crippen LogP contribution in [0.4, 0.5) is 0 Å². The summed E-state index contributed by atoms with van der Waals surface area (Å²) >= 11 is 0. The smallest absolute Gasteiger partial charge is 0.255 e. The summed E-state index contributed by atoms with van der Waals surface area (Å²) in [5.41, 5.74) is 0.503. The third-order valence-electron chi connectivity index (χ3n) is 3.17. The zero-order chi connectivity index (χ0) is 13.3. The van der Waals surface area contributed by atoms with E-state index in [1.807, 2.05) is 13.8 Å². The number of hydrogen-bond donors (Lipinski definition) is 3. The number of hydrogen-bond acceptors (Lipinski definition) is 3. The highest BCUT2D eigenvalue weighted by Crippen LogP contribution is 2.25. The van der Waals surface area contributed by atoms with Crippen LogP contribution in [0.1, 0.15) is 19.4 Å². The number of nitrogens with one attached hydrogen (secondary N) is 1. The van der Waals surface area contributed by atoms with Crippen LogP contribution in [0.3, 0.4) is 0 Å². The Kier molecular flexibility index (Phi) is 3.39. The van der Waals surface area contributed by atoms with E-state index < -0.39 is 6.10 Å². The molecule has 0 saturated carbocycles. The summed E-state index contributed by atoms with van der Waals surface area (Å²) in [4.78, 5) is 14.6. The Morgan fingerprint density at radius 2 is 1.94 bits per heavy atom. The third-order valence-corrected chi connectivity index (χ3v) is 3.17. The first-order valence-electron chi connectivity index (χ1n) is 6.01. The number of aliphatic hydroxyl groups excluding tert-OH is 1. The molecular formula is C14H17NO3. The molecule has 0 aliphatic rings. The number of rotatable bonds is 3. The number of H-pyrrole nitrogens is 1. The second-order valence-corrected chi connectivity index (χ2v) is 4.84. The largest absolute Gasteiger partial charge is 0.507 e. The lowest BCUT2D eigenvalue weighted by molar-refractivity contribution is 0.124. The van der Waals surface area contributed by atoms with Crippen molar-refractivity contribution in [2.45, 2.75) is 26.4 Å². The first-order valence-corrected chi connectivity index (χ1v) is 6.01. The van der Waals surface area contributed by atoms with Gasteiger partial charge in [-0.15, -0.1) is 0 Å². The van der Waals surface area contributed by atoms with Gasteiger partial charge in [0.25, 0.3) is 5.56 Å². The van der Waals surface area contributed by atoms with Crippen LogP contribution in [0.5, 0.6) is 5.75 Å². The molecule has 0 spiro atoms. The lowest BCUT2D eigenvalue weighted by atomic mass is 9.98. The number of aromatic hydroxyl groups is 1. The van der Waals surface area contributed by atoms with E-state index in [0.717, 1.165) is 0 Å². The van der Waals surface area contributed by atoms with E-state index in [1.165, 1.54) is 0 Å². The fraction of sp³-hybridized carbons (Fsp3) is 0.357. The molecule has 0 fully saturated rings. The van der Waals surface area contributed by atoms with Crippen LogP contribution < -0.4 is 5.56 Å². The zero-order valence-electron chi connectivity index (χ0n) is 10.5. The van der Waals surface area contributed by atoms with Gasteiger partial charge in [-0.05, 0) is 18.1 Å². The summed E-state index contributed by atoms with van der Waals surface area (Å²) in [6.07, 6.45) is -0.484. The molecule has 0 aliphatic heterocycles. The van der Waals surface area contributed by atoms with Crippen LogP contribution in [-0.4, -0.2) is 21.3 Å². The summed E-state index contributed by atoms with van der Waals surface area (Å²) < 4.78 is 0. The van der Waals surface area contributed by atoms with Gasteiger partial charge in [0.15, 0.2) is 0 Å². The predicted molar refractivity (Wildman–Crippen MR) is 70.8 cm³/mol. The molecule has 1 aromatic carbocycles. The molecular weight excluding hydrogens is 230 g/mol. The highest BCUT2D eigenvalue weighted by molar-refractivity contribution is 5.85. The number of aromatic nitrogens is 1. The Hall–Kier alpha value is -1.81. The van der Waals surface area contributed by atoms with Gasteiger partial charge in [0, 0.05) is 11.8 Å². The third kappa shape index (κ3) is 2.24. The van der Waals surface area contributed by atoms with Crippen LogP contribution in [0.25, 0.3) is 10.9 Å². The van der Waals surface area contributed by atoms with E-state index in [9.17, 15) is 15.0 Å². The van der Waals surface area contributed by atoms with E-state index in [-0.39, 0.29) is 29.2 Å². The minimum Gasteiger partial charge on any atom is -0.507 e. The zero-order valence-corrected chi connectivity index (χ0v) is 10.5. The van der Waals surface area contributed by atoms with Crippen molar-refractivity contribution in [1.29, 1.82) is 0 Å². The van der Waals surface area contributed by atoms with Gasteiger partial charge >= 0.3 is 0 Å². The summed E-state index contributed by atoms with van der Waals surface area (Å²) in [7, 11) is 0. The number of aromatic amines is 1. The highest BCUT2D eigenvalue weighted by atomic mass is 16.3. The average molecular weight is 247 g/mol. The van der Waals surface area contributed by atoms with Crippen molar-refractivity contribution >= 4 is 10.9 Å². The monoisotopic (exact) mass is 247 g/mol. The lowest BCUT2D eigenvalue weighted by Crippen LogP contribution is -2.23. The van der Waals surface area contributed by atoms with E-state index >= 15 is 0 Å². The van der Waals surface area contributed by atoms with Crippen LogP contribution in [0, 0.1) is 5.92 Å². The maximum absolute atomic E-state index is 11.9. The molecule has 3 N–H and O–H groups in total. The predicted octanol–water partition coefficient (Wildman–Crippen LogP) is 1.79. The maximum atomic E-state index is 11.9. The standard InChI is InChI=1S/C14H17NO3/c1-8(2)12(16)7-10-13(17)9-5-3-4-6-11(9)15-14(10)18/h3-6,8,12,16H,7H2,1-2H3,(H2,15,17,18). The van der Waals surface area contributed by atoms with E-state index in [0.29, 0.717) is 10.9 Å². The number of pyridine rings is 1. The van der Waals surface area contributed by atoms with Gasteiger partial charge in [-0.25, -0.2) is 0 Å². The minimum atomic E-state index is -0.641. The average Bonchev–Trinajstić information content (AvgIpc) is 2.34. The molecule has 1 heterocycles. The van der Waals surface area contributed by atoms with Crippen LogP contribution >= 0.6 is 0 Å². The van der Waals surface area contributed by atoms with Crippen molar-refractivity contribution < 1.29 is 10.2 Å². The second-order valence-electron chi connectivity index (χ2n) is 4.84. The molecule has 1 unspecified atom stereocenters. The molecule has 2 rings (SSSR count). The number of aliphatic hydroxyl groups is 1. The molecule has 1 aromatic heterocycles. The molecule has 18 heavy (non-hydrogen) atoms. The van der Waals surface area contributed by atoms with Crippen molar-refractivity contribution in [3.05, 3.63) is 40.2 Å². The van der Waals surface area contributed by atoms with Gasteiger partial charge in [-0.3, -0.25) is 4.79 Å². The summed E-state index contributed by atoms with van der Waals surface area (Å²) in [6.45, 7) is 3.74. The fourth-order valence-corrected chi connectivity index (χ4v) is 1.90. The van der Waals surface area contributed by atoms with E-state index in [4.69, 9.17) is 0 Å². The fourth-order valence-electron chi connectivity index (χ4n) is 1.90. The first-order chi connectivity index (χ1) is 8.50. The molecule has 2 aromatic rings. The summed E-state index contributed by atoms with van der Waals surface area (Å²) in [6, 6.07) is 7.06. The lowest BCUT2D eigenvalue weighted by Gasteiger charge is -2.15. The van der Waals surface area contributed by atoms with Gasteiger partial charge in [-0.2, -0.15) is 0 Å². The van der Waals surface area contributed by atoms with Gasteiger partial charge in [-0.1, -0.05) is 26.0 Å². The molecule has 0 saturated heterocycles. The Bertz CT molecular complexity index is 616. The number of fused-ring (bicyclic) bond motifs is 1. The molecule has 4 nitrogen and oxygen atoms in total. The van der Waals surface area contributed by atoms with Gasteiger partial charge < -0.3 is 15.2 Å². The van der Waals surface area contributed by atoms with E-state index in [1.54, 1.807) is 24.3 Å². The first kappa shape index (κ1) is 12.6. The van der Waals surface area contributed by atoms with Crippen LogP contribution in [0.2, 0.25) is 0 Å². The second kappa shape index (κ2) is 4.82. The molecule has 96 valence electrons. The molecule has 0 aliphatic carbocycles. The molecule has 0 amide bonds. The van der Waals surface area contributed by atoms with Crippen molar-refractivity contribution in [3.8, 4) is 5.75 Å². The summed E-state index contributed by atoms with van der Waals surface area (Å²) in [5.74, 6) is 0.00400. The van der Waals surface area contributed by atoms with Crippen molar-refractivity contribution in [3.63, 3.8) is 0 Å². The SMILES string of the molecule is CC(C)C(O)Cc1c(O)c2ccccc2[nH]c1=O. The summed E-state index contributed by atoms with van der Waals surface area (Å²) in [5, 5.41) is 20.6. The number of para-hydroxylation sites is 1. The van der Waals surface area contributed by atoms with Gasteiger partial charge in [0.1, 0.15) is 5.75 Å². The topological polar surface area (TPSA) is 73.3 Å². The van der Waals surface area contributed by atoms with Crippen LogP contribution in [0.15, 0.2) is 29.1 Å². The molecule has 0 bridgehead atoms. The van der Waals surface area contributed by atoms with E-state index in [2.05, 4.69) is 4.98 Å². The van der Waals surface area contributed by atoms with Crippen molar-refractivity contribution in [1.82, 2.24) is 4.98 Å². The van der Waals surface area contributed by atoms with Gasteiger partial charge in [0.2, 0.25) is 0 Å². The Morgan fingerprint density at radius 3 is 2.61 bits per heavy atom. The molecule has 0 radical (unpaired) electrons. The van der Waals surface area contributed by atoms with Crippen molar-refractivity contribution in [2.24, 2.45) is 5.92 Å². The molecule has 1 atom stereocenters. The normalized spacial score (nSPS) is 13.1. The Balaban J connectivity index is 2.54. The molecule has 4 heteroatoms. The minimum absolute atomic E-state index is 0.0333. The quantitative estimate of drug-likeness (QED) is 0.774. The van der Waals surface area contributed by atoms with Gasteiger partial charge in [0.05, 0.1) is 17.2 Å². The number of benzene rings is 1. The van der Waals surface area contributed by atoms with Crippen molar-refractivity contribution in [2.75, 3.05) is 0 Å². The Morgan fingerprint density at radius 1 is 1.28 bits per heavy atom.